The molecule has 0 aromatic heterocycles. The molecule has 3 saturated carbocycles. The van der Waals surface area contributed by atoms with Gasteiger partial charge in [-0.2, -0.15) is 0 Å². The lowest BCUT2D eigenvalue weighted by Gasteiger charge is -2.57. The maximum Gasteiger partial charge on any atom is 0.183 e. The van der Waals surface area contributed by atoms with Crippen LogP contribution in [0.25, 0.3) is 0 Å². The monoisotopic (exact) mass is 566 g/mol. The lowest BCUT2D eigenvalue weighted by molar-refractivity contribution is -0.322. The summed E-state index contributed by atoms with van der Waals surface area (Å²) in [4.78, 5) is 0. The summed E-state index contributed by atoms with van der Waals surface area (Å²) in [5.41, 5.74) is 3.98. The van der Waals surface area contributed by atoms with E-state index in [1.54, 1.807) is 0 Å². The SMILES string of the molecule is CC1(C)COC(c2cccc([C@H]3C[C@]4(C)[C@@H](O)CC[C@H]4[C@@H]4CC[C@@]5(O)CC6(CCC5=C43)OCC(C)(C)CO6)c2)OC1. The van der Waals surface area contributed by atoms with Gasteiger partial charge in [-0.3, -0.25) is 0 Å². The molecule has 5 fully saturated rings. The van der Waals surface area contributed by atoms with Crippen molar-refractivity contribution >= 4 is 0 Å². The molecule has 1 spiro atoms. The van der Waals surface area contributed by atoms with Crippen LogP contribution < -0.4 is 0 Å². The Morgan fingerprint density at radius 2 is 1.51 bits per heavy atom. The van der Waals surface area contributed by atoms with E-state index in [1.807, 2.05) is 0 Å². The first-order valence-electron chi connectivity index (χ1n) is 16.1. The van der Waals surface area contributed by atoms with E-state index < -0.39 is 11.4 Å². The van der Waals surface area contributed by atoms with Gasteiger partial charge in [-0.1, -0.05) is 64.5 Å². The van der Waals surface area contributed by atoms with Crippen LogP contribution in [0.15, 0.2) is 35.4 Å². The molecule has 41 heavy (non-hydrogen) atoms. The molecule has 2 N–H and O–H groups in total. The average Bonchev–Trinajstić information content (AvgIpc) is 3.23. The Hall–Kier alpha value is -1.28. The van der Waals surface area contributed by atoms with Crippen molar-refractivity contribution in [1.82, 2.24) is 0 Å². The molecular formula is C35H50O6. The first-order chi connectivity index (χ1) is 19.3. The van der Waals surface area contributed by atoms with Gasteiger partial charge in [-0.05, 0) is 66.9 Å². The molecule has 0 bridgehead atoms. The molecule has 1 aromatic rings. The van der Waals surface area contributed by atoms with Gasteiger partial charge in [0.15, 0.2) is 12.1 Å². The fourth-order valence-corrected chi connectivity index (χ4v) is 9.33. The van der Waals surface area contributed by atoms with Crippen LogP contribution in [0.3, 0.4) is 0 Å². The van der Waals surface area contributed by atoms with Gasteiger partial charge in [-0.15, -0.1) is 0 Å². The molecule has 6 nitrogen and oxygen atoms in total. The molecule has 4 aliphatic carbocycles. The zero-order valence-electron chi connectivity index (χ0n) is 25.7. The number of aliphatic hydroxyl groups excluding tert-OH is 1. The zero-order valence-corrected chi connectivity index (χ0v) is 25.7. The van der Waals surface area contributed by atoms with Crippen LogP contribution in [-0.2, 0) is 18.9 Å². The number of hydrogen-bond donors (Lipinski definition) is 2. The van der Waals surface area contributed by atoms with E-state index in [4.69, 9.17) is 18.9 Å². The van der Waals surface area contributed by atoms with Crippen molar-refractivity contribution in [3.8, 4) is 0 Å². The third-order valence-electron chi connectivity index (χ3n) is 11.6. The van der Waals surface area contributed by atoms with E-state index in [9.17, 15) is 10.2 Å². The standard InChI is InChI=1S/C35H50O6/c1-31(2)18-38-30(39-19-31)23-8-6-7-22(15-23)25-16-33(5)26(9-10-28(33)36)24-11-13-34(37)17-35(14-12-27(34)29(24)25)40-20-32(3,4)21-41-35/h6-8,15,24-26,28,30,36-37H,9-14,16-21H2,1-5H3/t24-,25+,26-,28-,33-,34+/m0/s1. The number of ether oxygens (including phenoxy) is 4. The first-order valence-corrected chi connectivity index (χ1v) is 16.1. The predicted octanol–water partition coefficient (Wildman–Crippen LogP) is 6.41. The van der Waals surface area contributed by atoms with Crippen molar-refractivity contribution in [2.45, 2.75) is 116 Å². The summed E-state index contributed by atoms with van der Waals surface area (Å²) < 4.78 is 25.2. The minimum Gasteiger partial charge on any atom is -0.393 e. The number of aliphatic hydroxyl groups is 2. The van der Waals surface area contributed by atoms with Crippen LogP contribution in [0, 0.1) is 28.1 Å². The Morgan fingerprint density at radius 1 is 0.829 bits per heavy atom. The van der Waals surface area contributed by atoms with Gasteiger partial charge in [0, 0.05) is 35.2 Å². The maximum absolute atomic E-state index is 12.4. The second-order valence-corrected chi connectivity index (χ2v) is 16.2. The summed E-state index contributed by atoms with van der Waals surface area (Å²) in [5, 5.41) is 23.7. The lowest BCUT2D eigenvalue weighted by Crippen LogP contribution is -2.57. The Kier molecular flexibility index (Phi) is 6.68. The minimum absolute atomic E-state index is 0.000960. The van der Waals surface area contributed by atoms with Crippen LogP contribution in [-0.4, -0.2) is 54.1 Å². The van der Waals surface area contributed by atoms with E-state index >= 15 is 0 Å². The fraction of sp³-hybridized carbons (Fsp3) is 0.771. The maximum atomic E-state index is 12.4. The van der Waals surface area contributed by atoms with Gasteiger partial charge in [0.25, 0.3) is 0 Å². The quantitative estimate of drug-likeness (QED) is 0.403. The summed E-state index contributed by atoms with van der Waals surface area (Å²) in [5.74, 6) is 0.304. The van der Waals surface area contributed by atoms with E-state index in [2.05, 4.69) is 58.9 Å². The second-order valence-electron chi connectivity index (χ2n) is 16.2. The fourth-order valence-electron chi connectivity index (χ4n) is 9.33. The Labute approximate surface area is 245 Å². The van der Waals surface area contributed by atoms with Crippen molar-refractivity contribution in [1.29, 1.82) is 0 Å². The van der Waals surface area contributed by atoms with Crippen molar-refractivity contribution in [3.63, 3.8) is 0 Å². The van der Waals surface area contributed by atoms with Gasteiger partial charge in [-0.25, -0.2) is 0 Å². The van der Waals surface area contributed by atoms with Crippen molar-refractivity contribution in [2.24, 2.45) is 28.1 Å². The molecule has 6 heteroatoms. The molecule has 6 atom stereocenters. The summed E-state index contributed by atoms with van der Waals surface area (Å²) in [7, 11) is 0. The minimum atomic E-state index is -0.909. The molecule has 1 aromatic carbocycles. The van der Waals surface area contributed by atoms with Gasteiger partial charge in [0.05, 0.1) is 38.1 Å². The highest BCUT2D eigenvalue weighted by molar-refractivity contribution is 5.44. The third kappa shape index (κ3) is 4.76. The molecule has 0 amide bonds. The summed E-state index contributed by atoms with van der Waals surface area (Å²) in [6, 6.07) is 8.76. The molecule has 6 aliphatic rings. The van der Waals surface area contributed by atoms with Crippen LogP contribution in [0.4, 0.5) is 0 Å². The van der Waals surface area contributed by atoms with Crippen molar-refractivity contribution < 1.29 is 29.2 Å². The molecule has 7 rings (SSSR count). The van der Waals surface area contributed by atoms with Crippen LogP contribution >= 0.6 is 0 Å². The number of benzene rings is 1. The topological polar surface area (TPSA) is 77.4 Å². The first kappa shape index (κ1) is 28.5. The molecule has 226 valence electrons. The van der Waals surface area contributed by atoms with Crippen molar-refractivity contribution in [3.05, 3.63) is 46.5 Å². The Balaban J connectivity index is 1.26. The van der Waals surface area contributed by atoms with Crippen LogP contribution in [0.5, 0.6) is 0 Å². The highest BCUT2D eigenvalue weighted by atomic mass is 16.7. The third-order valence-corrected chi connectivity index (χ3v) is 11.6. The lowest BCUT2D eigenvalue weighted by atomic mass is 9.51. The van der Waals surface area contributed by atoms with E-state index in [1.165, 1.54) is 16.7 Å². The van der Waals surface area contributed by atoms with Gasteiger partial charge in [0.2, 0.25) is 0 Å². The van der Waals surface area contributed by atoms with E-state index in [0.29, 0.717) is 44.7 Å². The predicted molar refractivity (Wildman–Crippen MR) is 156 cm³/mol. The molecular weight excluding hydrogens is 516 g/mol. The normalized spacial score (nSPS) is 41.5. The molecule has 2 heterocycles. The Morgan fingerprint density at radius 3 is 2.24 bits per heavy atom. The molecule has 0 radical (unpaired) electrons. The summed E-state index contributed by atoms with van der Waals surface area (Å²) in [6.45, 7) is 13.7. The van der Waals surface area contributed by atoms with E-state index in [0.717, 1.165) is 50.5 Å². The number of rotatable bonds is 2. The van der Waals surface area contributed by atoms with Gasteiger partial charge < -0.3 is 29.2 Å². The zero-order chi connectivity index (χ0) is 28.8. The highest BCUT2D eigenvalue weighted by Gasteiger charge is 2.60. The van der Waals surface area contributed by atoms with Crippen LogP contribution in [0.2, 0.25) is 0 Å². The van der Waals surface area contributed by atoms with Gasteiger partial charge in [0.1, 0.15) is 0 Å². The summed E-state index contributed by atoms with van der Waals surface area (Å²) in [6.07, 6.45) is 5.99. The van der Waals surface area contributed by atoms with Gasteiger partial charge >= 0.3 is 0 Å². The average molecular weight is 567 g/mol. The smallest absolute Gasteiger partial charge is 0.183 e. The molecule has 0 unspecified atom stereocenters. The number of allylic oxidation sites excluding steroid dienone is 1. The largest absolute Gasteiger partial charge is 0.393 e. The van der Waals surface area contributed by atoms with Crippen LogP contribution in [0.1, 0.15) is 109 Å². The number of hydrogen-bond acceptors (Lipinski definition) is 6. The highest BCUT2D eigenvalue weighted by Crippen LogP contribution is 2.65. The second kappa shape index (κ2) is 9.61. The summed E-state index contributed by atoms with van der Waals surface area (Å²) >= 11 is 0. The van der Waals surface area contributed by atoms with Crippen molar-refractivity contribution in [2.75, 3.05) is 26.4 Å². The number of fused-ring (bicyclic) bond motifs is 4. The Bertz CT molecular complexity index is 1200. The van der Waals surface area contributed by atoms with E-state index in [-0.39, 0.29) is 34.6 Å². The molecule has 2 saturated heterocycles. The molecule has 2 aliphatic heterocycles.